The van der Waals surface area contributed by atoms with Gasteiger partial charge in [0.1, 0.15) is 24.2 Å². The van der Waals surface area contributed by atoms with E-state index < -0.39 is 22.9 Å². The maximum atomic E-state index is 15.3. The van der Waals surface area contributed by atoms with Crippen molar-refractivity contribution in [2.75, 3.05) is 48.9 Å². The Morgan fingerprint density at radius 2 is 2.12 bits per heavy atom. The highest BCUT2D eigenvalue weighted by atomic mass is 32.2. The normalized spacial score (nSPS) is 16.7. The predicted octanol–water partition coefficient (Wildman–Crippen LogP) is 2.66. The lowest BCUT2D eigenvalue weighted by Crippen LogP contribution is -2.53. The number of fused-ring (bicyclic) bond motifs is 2. The molecule has 1 unspecified atom stereocenters. The van der Waals surface area contributed by atoms with Crippen molar-refractivity contribution in [1.82, 2.24) is 14.3 Å². The summed E-state index contributed by atoms with van der Waals surface area (Å²) in [5, 5.41) is 6.84. The first kappa shape index (κ1) is 22.3. The molecule has 0 spiro atoms. The lowest BCUT2D eigenvalue weighted by atomic mass is 9.97. The fourth-order valence-electron chi connectivity index (χ4n) is 4.03. The van der Waals surface area contributed by atoms with E-state index in [1.807, 2.05) is 6.92 Å². The molecule has 0 bridgehead atoms. The van der Waals surface area contributed by atoms with Crippen molar-refractivity contribution in [2.45, 2.75) is 13.0 Å². The first-order valence-corrected chi connectivity index (χ1v) is 12.1. The average molecular weight is 487 g/mol. The van der Waals surface area contributed by atoms with Crippen LogP contribution in [-0.4, -0.2) is 63.2 Å². The van der Waals surface area contributed by atoms with Crippen LogP contribution in [0.5, 0.6) is 5.88 Å². The van der Waals surface area contributed by atoms with Gasteiger partial charge >= 0.3 is 6.09 Å². The number of nitrogens with zero attached hydrogens (tertiary/aromatic N) is 3. The van der Waals surface area contributed by atoms with Gasteiger partial charge < -0.3 is 20.5 Å². The average Bonchev–Trinajstić information content (AvgIpc) is 2.79. The van der Waals surface area contributed by atoms with E-state index in [0.717, 1.165) is 11.3 Å². The van der Waals surface area contributed by atoms with Crippen molar-refractivity contribution in [2.24, 2.45) is 0 Å². The number of nitrogens with one attached hydrogen (secondary N) is 2. The number of rotatable bonds is 4. The van der Waals surface area contributed by atoms with Crippen molar-refractivity contribution < 1.29 is 22.9 Å². The van der Waals surface area contributed by atoms with Crippen LogP contribution in [0.1, 0.15) is 5.56 Å². The van der Waals surface area contributed by atoms with E-state index in [-0.39, 0.29) is 23.2 Å². The molecule has 1 atom stereocenters. The molecule has 1 saturated heterocycles. The van der Waals surface area contributed by atoms with Crippen molar-refractivity contribution in [3.63, 3.8) is 0 Å². The van der Waals surface area contributed by atoms with Gasteiger partial charge in [0.05, 0.1) is 29.8 Å². The van der Waals surface area contributed by atoms with Crippen LogP contribution in [0.25, 0.3) is 21.9 Å². The quantitative estimate of drug-likeness (QED) is 0.480. The second-order valence-corrected chi connectivity index (χ2v) is 9.48. The van der Waals surface area contributed by atoms with Gasteiger partial charge in [0, 0.05) is 41.7 Å². The number of carbonyl (C=O) groups excluding carboxylic acids is 1. The summed E-state index contributed by atoms with van der Waals surface area (Å²) in [5.41, 5.74) is 8.45. The minimum absolute atomic E-state index is 0.0439. The molecular weight excluding hydrogens is 463 g/mol. The molecule has 12 heteroatoms. The van der Waals surface area contributed by atoms with Gasteiger partial charge in [-0.25, -0.2) is 27.7 Å². The molecule has 10 nitrogen and oxygen atoms in total. The highest BCUT2D eigenvalue weighted by Gasteiger charge is 2.32. The van der Waals surface area contributed by atoms with E-state index in [1.165, 1.54) is 6.20 Å². The highest BCUT2D eigenvalue weighted by Crippen LogP contribution is 2.39. The van der Waals surface area contributed by atoms with Gasteiger partial charge in [-0.05, 0) is 30.0 Å². The number of aromatic nitrogens is 2. The summed E-state index contributed by atoms with van der Waals surface area (Å²) in [6.07, 6.45) is 3.54. The summed E-state index contributed by atoms with van der Waals surface area (Å²) < 4.78 is 39.2. The molecule has 0 radical (unpaired) electrons. The fourth-order valence-corrected chi connectivity index (χ4v) is 4.78. The Balaban J connectivity index is 1.42. The Bertz CT molecular complexity index is 1330. The Hall–Kier alpha value is -3.51. The Kier molecular flexibility index (Phi) is 5.70. The maximum absolute atomic E-state index is 15.3. The number of nitrogens with two attached hydrogens (primary N) is 1. The van der Waals surface area contributed by atoms with Crippen molar-refractivity contribution in [1.29, 1.82) is 0 Å². The molecule has 5 rings (SSSR count). The third kappa shape index (κ3) is 3.99. The smallest absolute Gasteiger partial charge is 0.413 e. The summed E-state index contributed by atoms with van der Waals surface area (Å²) in [6.45, 7) is 3.83. The van der Waals surface area contributed by atoms with Gasteiger partial charge in [-0.2, -0.15) is 0 Å². The molecule has 4 N–H and O–H groups in total. The van der Waals surface area contributed by atoms with Crippen LogP contribution in [0.3, 0.4) is 0 Å². The number of anilines is 3. The van der Waals surface area contributed by atoms with E-state index in [9.17, 15) is 9.00 Å². The second-order valence-electron chi connectivity index (χ2n) is 8.12. The Morgan fingerprint density at radius 1 is 1.32 bits per heavy atom. The van der Waals surface area contributed by atoms with Crippen LogP contribution < -0.4 is 21.1 Å². The zero-order valence-corrected chi connectivity index (χ0v) is 19.4. The number of nitrogen functional groups attached to an aromatic ring is 1. The zero-order chi connectivity index (χ0) is 24.0. The molecule has 1 fully saturated rings. The summed E-state index contributed by atoms with van der Waals surface area (Å²) in [5.74, 6) is 0.148. The van der Waals surface area contributed by atoms with Crippen LogP contribution in [0.2, 0.25) is 0 Å². The standard InChI is InChI=1S/C22H23FN6O4S/c1-11-15(7-27-21-20(11)25-3-4-32-21)14-5-12-6-17(26-8-16(12)19(24)18(14)23)28-22(30)33-13-9-29(10-13)34(2)31/h5-8,13,25H,3-4,9-10,24H2,1-2H3,(H,26,28,30). The molecule has 0 aliphatic carbocycles. The molecule has 178 valence electrons. The number of ether oxygens (including phenoxy) is 2. The van der Waals surface area contributed by atoms with Crippen molar-refractivity contribution in [3.8, 4) is 17.0 Å². The molecular formula is C22H23FN6O4S. The van der Waals surface area contributed by atoms with Crippen LogP contribution >= 0.6 is 0 Å². The monoisotopic (exact) mass is 486 g/mol. The molecule has 1 aromatic carbocycles. The zero-order valence-electron chi connectivity index (χ0n) is 18.6. The first-order valence-electron chi connectivity index (χ1n) is 10.6. The van der Waals surface area contributed by atoms with Crippen LogP contribution in [-0.2, 0) is 15.7 Å². The Labute approximate surface area is 197 Å². The summed E-state index contributed by atoms with van der Waals surface area (Å²) in [7, 11) is -1.09. The van der Waals surface area contributed by atoms with Crippen molar-refractivity contribution in [3.05, 3.63) is 35.9 Å². The summed E-state index contributed by atoms with van der Waals surface area (Å²) in [4.78, 5) is 20.7. The van der Waals surface area contributed by atoms with E-state index in [2.05, 4.69) is 20.6 Å². The number of hydrogen-bond donors (Lipinski definition) is 3. The van der Waals surface area contributed by atoms with Gasteiger partial charge in [-0.3, -0.25) is 5.32 Å². The molecule has 2 aliphatic rings. The van der Waals surface area contributed by atoms with Gasteiger partial charge in [0.25, 0.3) is 0 Å². The Morgan fingerprint density at radius 3 is 2.88 bits per heavy atom. The number of benzene rings is 1. The number of carbonyl (C=O) groups is 1. The third-order valence-electron chi connectivity index (χ3n) is 5.92. The molecule has 4 heterocycles. The van der Waals surface area contributed by atoms with E-state index in [1.54, 1.807) is 28.9 Å². The topological polar surface area (TPSA) is 132 Å². The van der Waals surface area contributed by atoms with Crippen LogP contribution in [0.15, 0.2) is 24.5 Å². The first-order chi connectivity index (χ1) is 16.3. The molecule has 1 amide bonds. The highest BCUT2D eigenvalue weighted by molar-refractivity contribution is 7.81. The third-order valence-corrected chi connectivity index (χ3v) is 6.94. The molecule has 2 aliphatic heterocycles. The van der Waals surface area contributed by atoms with Gasteiger partial charge in [-0.1, -0.05) is 0 Å². The second kappa shape index (κ2) is 8.69. The van der Waals surface area contributed by atoms with Gasteiger partial charge in [0.2, 0.25) is 5.88 Å². The largest absolute Gasteiger partial charge is 0.474 e. The van der Waals surface area contributed by atoms with Crippen LogP contribution in [0.4, 0.5) is 26.4 Å². The lowest BCUT2D eigenvalue weighted by Gasteiger charge is -2.35. The minimum atomic E-state index is -1.09. The van der Waals surface area contributed by atoms with Gasteiger partial charge in [0.15, 0.2) is 5.82 Å². The number of pyridine rings is 2. The SMILES string of the molecule is Cc1c(-c2cc3cc(NC(=O)OC4CN(S(C)=O)C4)ncc3c(N)c2F)cnc2c1NCCO2. The molecule has 2 aromatic heterocycles. The predicted molar refractivity (Wildman–Crippen MR) is 128 cm³/mol. The van der Waals surface area contributed by atoms with E-state index >= 15 is 4.39 Å². The minimum Gasteiger partial charge on any atom is -0.474 e. The lowest BCUT2D eigenvalue weighted by molar-refractivity contribution is 0.0373. The van der Waals surface area contributed by atoms with E-state index in [4.69, 9.17) is 15.2 Å². The molecule has 3 aromatic rings. The number of halogens is 1. The molecule has 34 heavy (non-hydrogen) atoms. The summed E-state index contributed by atoms with van der Waals surface area (Å²) >= 11 is 0. The van der Waals surface area contributed by atoms with Crippen molar-refractivity contribution >= 4 is 45.0 Å². The fraction of sp³-hybridized carbons (Fsp3) is 0.318. The number of amides is 1. The number of hydrogen-bond acceptors (Lipinski definition) is 8. The van der Waals surface area contributed by atoms with Crippen LogP contribution in [0, 0.1) is 12.7 Å². The molecule has 0 saturated carbocycles. The van der Waals surface area contributed by atoms with Gasteiger partial charge in [-0.15, -0.1) is 0 Å². The maximum Gasteiger partial charge on any atom is 0.413 e. The summed E-state index contributed by atoms with van der Waals surface area (Å²) in [6, 6.07) is 3.26. The van der Waals surface area contributed by atoms with E-state index in [0.29, 0.717) is 48.5 Å².